The minimum absolute atomic E-state index is 0.161. The van der Waals surface area contributed by atoms with Gasteiger partial charge in [0.1, 0.15) is 0 Å². The maximum atomic E-state index is 6.07. The molecule has 0 fully saturated rings. The summed E-state index contributed by atoms with van der Waals surface area (Å²) >= 11 is 3.48. The predicted octanol–water partition coefficient (Wildman–Crippen LogP) is 5.09. The predicted molar refractivity (Wildman–Crippen MR) is 90.1 cm³/mol. The molecule has 1 aromatic rings. The Morgan fingerprint density at radius 1 is 1.05 bits per heavy atom. The first-order chi connectivity index (χ1) is 9.77. The first-order valence-corrected chi connectivity index (χ1v) is 8.65. The number of nitrogens with one attached hydrogen (secondary N) is 1. The molecule has 0 saturated heterocycles. The van der Waals surface area contributed by atoms with Gasteiger partial charge in [0.25, 0.3) is 0 Å². The number of unbranched alkanes of at least 4 members (excludes halogenated alkanes) is 4. The molecule has 1 N–H and O–H groups in total. The summed E-state index contributed by atoms with van der Waals surface area (Å²) in [6.07, 6.45) is 6.57. The molecule has 0 radical (unpaired) electrons. The van der Waals surface area contributed by atoms with Crippen LogP contribution >= 0.6 is 15.9 Å². The molecule has 0 aromatic heterocycles. The summed E-state index contributed by atoms with van der Waals surface area (Å²) in [6, 6.07) is 8.45. The first-order valence-electron chi connectivity index (χ1n) is 7.85. The smallest absolute Gasteiger partial charge is 0.0949 e. The van der Waals surface area contributed by atoms with Gasteiger partial charge in [0.15, 0.2) is 0 Å². The minimum atomic E-state index is 0.161. The Hall–Kier alpha value is -0.380. The summed E-state index contributed by atoms with van der Waals surface area (Å²) in [5.41, 5.74) is 1.25. The summed E-state index contributed by atoms with van der Waals surface area (Å²) in [4.78, 5) is 0. The number of likely N-dealkylation sites (N-methyl/N-ethyl adjacent to an activating group) is 1. The average molecular weight is 342 g/mol. The lowest BCUT2D eigenvalue weighted by atomic mass is 10.1. The molecule has 0 aliphatic rings. The summed E-state index contributed by atoms with van der Waals surface area (Å²) in [5.74, 6) is 0. The molecule has 114 valence electrons. The SMILES string of the molecule is CCCCCCCOC(CNCC)c1ccc(Br)cc1. The number of ether oxygens (including phenoxy) is 1. The zero-order valence-corrected chi connectivity index (χ0v) is 14.4. The van der Waals surface area contributed by atoms with Gasteiger partial charge in [-0.1, -0.05) is 67.6 Å². The quantitative estimate of drug-likeness (QED) is 0.566. The third-order valence-electron chi connectivity index (χ3n) is 3.39. The van der Waals surface area contributed by atoms with Crippen LogP contribution in [-0.4, -0.2) is 19.7 Å². The van der Waals surface area contributed by atoms with Gasteiger partial charge in [0, 0.05) is 17.6 Å². The van der Waals surface area contributed by atoms with E-state index in [0.29, 0.717) is 0 Å². The van der Waals surface area contributed by atoms with E-state index in [-0.39, 0.29) is 6.10 Å². The first kappa shape index (κ1) is 17.7. The molecule has 0 aliphatic heterocycles. The van der Waals surface area contributed by atoms with E-state index in [1.165, 1.54) is 37.7 Å². The van der Waals surface area contributed by atoms with E-state index in [0.717, 1.165) is 24.2 Å². The van der Waals surface area contributed by atoms with E-state index in [2.05, 4.69) is 59.4 Å². The largest absolute Gasteiger partial charge is 0.372 e. The van der Waals surface area contributed by atoms with Crippen molar-refractivity contribution in [1.82, 2.24) is 5.32 Å². The standard InChI is InChI=1S/C17H28BrNO/c1-3-5-6-7-8-13-20-17(14-19-4-2)15-9-11-16(18)12-10-15/h9-12,17,19H,3-8,13-14H2,1-2H3. The van der Waals surface area contributed by atoms with Crippen molar-refractivity contribution in [1.29, 1.82) is 0 Å². The highest BCUT2D eigenvalue weighted by molar-refractivity contribution is 9.10. The second kappa shape index (κ2) is 11.3. The molecule has 20 heavy (non-hydrogen) atoms. The van der Waals surface area contributed by atoms with E-state index in [9.17, 15) is 0 Å². The lowest BCUT2D eigenvalue weighted by Gasteiger charge is -2.19. The van der Waals surface area contributed by atoms with Crippen LogP contribution in [0.2, 0.25) is 0 Å². The summed E-state index contributed by atoms with van der Waals surface area (Å²) < 4.78 is 7.19. The maximum Gasteiger partial charge on any atom is 0.0949 e. The van der Waals surface area contributed by atoms with Crippen molar-refractivity contribution < 1.29 is 4.74 Å². The van der Waals surface area contributed by atoms with Gasteiger partial charge in [0.2, 0.25) is 0 Å². The average Bonchev–Trinajstić information content (AvgIpc) is 2.47. The Morgan fingerprint density at radius 3 is 2.40 bits per heavy atom. The molecule has 0 aliphatic carbocycles. The maximum absolute atomic E-state index is 6.07. The lowest BCUT2D eigenvalue weighted by Crippen LogP contribution is -2.23. The van der Waals surface area contributed by atoms with Crippen LogP contribution in [0.1, 0.15) is 57.6 Å². The monoisotopic (exact) mass is 341 g/mol. The van der Waals surface area contributed by atoms with Crippen LogP contribution in [0, 0.1) is 0 Å². The second-order valence-corrected chi connectivity index (χ2v) is 6.05. The van der Waals surface area contributed by atoms with Crippen LogP contribution in [0.4, 0.5) is 0 Å². The topological polar surface area (TPSA) is 21.3 Å². The number of rotatable bonds is 11. The Labute approximate surface area is 132 Å². The molecule has 1 atom stereocenters. The van der Waals surface area contributed by atoms with Crippen LogP contribution in [0.15, 0.2) is 28.7 Å². The third kappa shape index (κ3) is 7.41. The molecule has 0 saturated carbocycles. The van der Waals surface area contributed by atoms with E-state index >= 15 is 0 Å². The second-order valence-electron chi connectivity index (χ2n) is 5.13. The van der Waals surface area contributed by atoms with Crippen LogP contribution < -0.4 is 5.32 Å². The molecule has 0 spiro atoms. The molecule has 1 unspecified atom stereocenters. The van der Waals surface area contributed by atoms with Gasteiger partial charge in [-0.3, -0.25) is 0 Å². The van der Waals surface area contributed by atoms with Crippen molar-refractivity contribution in [3.05, 3.63) is 34.3 Å². The van der Waals surface area contributed by atoms with Crippen LogP contribution in [0.25, 0.3) is 0 Å². The van der Waals surface area contributed by atoms with Crippen LogP contribution in [0.3, 0.4) is 0 Å². The molecule has 1 aromatic carbocycles. The number of hydrogen-bond donors (Lipinski definition) is 1. The van der Waals surface area contributed by atoms with Crippen molar-refractivity contribution >= 4 is 15.9 Å². The van der Waals surface area contributed by atoms with Crippen molar-refractivity contribution in [2.24, 2.45) is 0 Å². The highest BCUT2D eigenvalue weighted by atomic mass is 79.9. The fourth-order valence-electron chi connectivity index (χ4n) is 2.16. The normalized spacial score (nSPS) is 12.6. The Morgan fingerprint density at radius 2 is 1.75 bits per heavy atom. The highest BCUT2D eigenvalue weighted by Crippen LogP contribution is 2.20. The van der Waals surface area contributed by atoms with Gasteiger partial charge < -0.3 is 10.1 Å². The molecule has 3 heteroatoms. The van der Waals surface area contributed by atoms with Gasteiger partial charge in [-0.05, 0) is 30.7 Å². The van der Waals surface area contributed by atoms with Crippen molar-refractivity contribution in [2.75, 3.05) is 19.7 Å². The molecule has 2 nitrogen and oxygen atoms in total. The molecule has 1 rings (SSSR count). The number of benzene rings is 1. The molecule has 0 amide bonds. The van der Waals surface area contributed by atoms with Crippen molar-refractivity contribution in [3.8, 4) is 0 Å². The Kier molecular flexibility index (Phi) is 9.98. The van der Waals surface area contributed by atoms with E-state index < -0.39 is 0 Å². The Bertz CT molecular complexity index is 339. The van der Waals surface area contributed by atoms with Crippen molar-refractivity contribution in [2.45, 2.75) is 52.1 Å². The Balaban J connectivity index is 2.37. The molecular formula is C17H28BrNO. The van der Waals surface area contributed by atoms with Gasteiger partial charge in [-0.2, -0.15) is 0 Å². The summed E-state index contributed by atoms with van der Waals surface area (Å²) in [6.45, 7) is 7.09. The van der Waals surface area contributed by atoms with E-state index in [4.69, 9.17) is 4.74 Å². The number of hydrogen-bond acceptors (Lipinski definition) is 2. The zero-order chi connectivity index (χ0) is 14.6. The fraction of sp³-hybridized carbons (Fsp3) is 0.647. The van der Waals surface area contributed by atoms with Gasteiger partial charge in [-0.15, -0.1) is 0 Å². The molecule has 0 heterocycles. The van der Waals surface area contributed by atoms with Gasteiger partial charge >= 0.3 is 0 Å². The third-order valence-corrected chi connectivity index (χ3v) is 3.92. The fourth-order valence-corrected chi connectivity index (χ4v) is 2.42. The van der Waals surface area contributed by atoms with Gasteiger partial charge in [-0.25, -0.2) is 0 Å². The highest BCUT2D eigenvalue weighted by Gasteiger charge is 2.11. The summed E-state index contributed by atoms with van der Waals surface area (Å²) in [7, 11) is 0. The molecular weight excluding hydrogens is 314 g/mol. The minimum Gasteiger partial charge on any atom is -0.372 e. The van der Waals surface area contributed by atoms with E-state index in [1.807, 2.05) is 0 Å². The lowest BCUT2D eigenvalue weighted by molar-refractivity contribution is 0.0502. The van der Waals surface area contributed by atoms with Crippen molar-refractivity contribution in [3.63, 3.8) is 0 Å². The summed E-state index contributed by atoms with van der Waals surface area (Å²) in [5, 5.41) is 3.39. The zero-order valence-electron chi connectivity index (χ0n) is 12.8. The van der Waals surface area contributed by atoms with Crippen LogP contribution in [-0.2, 0) is 4.74 Å². The molecule has 0 bridgehead atoms. The van der Waals surface area contributed by atoms with Gasteiger partial charge in [0.05, 0.1) is 6.10 Å². The van der Waals surface area contributed by atoms with Crippen LogP contribution in [0.5, 0.6) is 0 Å². The number of halogens is 1. The van der Waals surface area contributed by atoms with E-state index in [1.54, 1.807) is 0 Å².